The Bertz CT molecular complexity index is 640. The molecule has 0 aliphatic carbocycles. The number of hydrogen-bond donors (Lipinski definition) is 1. The van der Waals surface area contributed by atoms with E-state index in [0.717, 1.165) is 14.5 Å². The van der Waals surface area contributed by atoms with Gasteiger partial charge in [0.05, 0.1) is 5.69 Å². The Morgan fingerprint density at radius 3 is 2.42 bits per heavy atom. The second-order valence-corrected chi connectivity index (χ2v) is 6.01. The first-order chi connectivity index (χ1) is 9.13. The van der Waals surface area contributed by atoms with Gasteiger partial charge in [0.25, 0.3) is 5.91 Å². The minimum atomic E-state index is -0.616. The van der Waals surface area contributed by atoms with Crippen LogP contribution in [0.4, 0.5) is 5.69 Å². The number of anilines is 1. The molecule has 0 fully saturated rings. The van der Waals surface area contributed by atoms with Crippen LogP contribution in [0.1, 0.15) is 11.7 Å². The first-order valence-electron chi connectivity index (χ1n) is 5.66. The fourth-order valence-corrected chi connectivity index (χ4v) is 2.54. The molecule has 0 bridgehead atoms. The lowest BCUT2D eigenvalue weighted by atomic mass is 10.1. The minimum Gasteiger partial charge on any atom is -0.474 e. The van der Waals surface area contributed by atoms with Gasteiger partial charge in [-0.25, -0.2) is 0 Å². The van der Waals surface area contributed by atoms with E-state index < -0.39 is 6.10 Å². The van der Waals surface area contributed by atoms with Crippen molar-refractivity contribution in [2.24, 2.45) is 0 Å². The number of amides is 1. The molecular weight excluding hydrogens is 374 g/mol. The Kier molecular flexibility index (Phi) is 3.33. The standard InChI is InChI=1S/C14H9Br2NO2/c15-9-3-1-8(2-4-9)13-14(18)17-11-6-5-10(16)7-12(11)19-13/h1-7,13H,(H,17,18)/t13-/m1/s1. The predicted octanol–water partition coefficient (Wildman–Crippen LogP) is 4.28. The molecular formula is C14H9Br2NO2. The van der Waals surface area contributed by atoms with Crippen molar-refractivity contribution >= 4 is 43.5 Å². The SMILES string of the molecule is O=C1Nc2ccc(Br)cc2O[C@@H]1c1ccc(Br)cc1. The number of carbonyl (C=O) groups excluding carboxylic acids is 1. The molecule has 5 heteroatoms. The van der Waals surface area contributed by atoms with Crippen molar-refractivity contribution in [3.63, 3.8) is 0 Å². The molecule has 1 amide bonds. The third-order valence-corrected chi connectivity index (χ3v) is 3.88. The summed E-state index contributed by atoms with van der Waals surface area (Å²) < 4.78 is 7.68. The maximum absolute atomic E-state index is 12.1. The highest BCUT2D eigenvalue weighted by molar-refractivity contribution is 9.10. The van der Waals surface area contributed by atoms with Crippen molar-refractivity contribution < 1.29 is 9.53 Å². The Hall–Kier alpha value is -1.33. The normalized spacial score (nSPS) is 17.4. The van der Waals surface area contributed by atoms with Crippen LogP contribution >= 0.6 is 31.9 Å². The van der Waals surface area contributed by atoms with Crippen LogP contribution in [0.25, 0.3) is 0 Å². The van der Waals surface area contributed by atoms with Crippen LogP contribution in [-0.2, 0) is 4.79 Å². The molecule has 0 unspecified atom stereocenters. The molecule has 0 radical (unpaired) electrons. The van der Waals surface area contributed by atoms with Crippen LogP contribution in [0.15, 0.2) is 51.4 Å². The molecule has 1 heterocycles. The van der Waals surface area contributed by atoms with E-state index in [1.165, 1.54) is 0 Å². The van der Waals surface area contributed by atoms with E-state index in [-0.39, 0.29) is 5.91 Å². The van der Waals surface area contributed by atoms with Crippen LogP contribution in [-0.4, -0.2) is 5.91 Å². The third-order valence-electron chi connectivity index (χ3n) is 2.86. The third kappa shape index (κ3) is 2.53. The monoisotopic (exact) mass is 381 g/mol. The maximum atomic E-state index is 12.1. The zero-order chi connectivity index (χ0) is 13.4. The van der Waals surface area contributed by atoms with Gasteiger partial charge in [-0.1, -0.05) is 44.0 Å². The van der Waals surface area contributed by atoms with Crippen molar-refractivity contribution in [1.82, 2.24) is 0 Å². The van der Waals surface area contributed by atoms with Gasteiger partial charge in [-0.15, -0.1) is 0 Å². The number of ether oxygens (including phenoxy) is 1. The summed E-state index contributed by atoms with van der Waals surface area (Å²) in [6.45, 7) is 0. The number of fused-ring (bicyclic) bond motifs is 1. The molecule has 1 N–H and O–H groups in total. The van der Waals surface area contributed by atoms with E-state index in [9.17, 15) is 4.79 Å². The molecule has 0 aromatic heterocycles. The summed E-state index contributed by atoms with van der Waals surface area (Å²) >= 11 is 6.76. The lowest BCUT2D eigenvalue weighted by molar-refractivity contribution is -0.123. The van der Waals surface area contributed by atoms with E-state index in [1.54, 1.807) is 0 Å². The topological polar surface area (TPSA) is 38.3 Å². The molecule has 96 valence electrons. The zero-order valence-electron chi connectivity index (χ0n) is 9.69. The van der Waals surface area contributed by atoms with Gasteiger partial charge in [0.2, 0.25) is 6.10 Å². The number of benzene rings is 2. The lowest BCUT2D eigenvalue weighted by Gasteiger charge is -2.26. The maximum Gasteiger partial charge on any atom is 0.270 e. The number of carbonyl (C=O) groups is 1. The van der Waals surface area contributed by atoms with Gasteiger partial charge in [-0.2, -0.15) is 0 Å². The van der Waals surface area contributed by atoms with Crippen LogP contribution in [0.3, 0.4) is 0 Å². The quantitative estimate of drug-likeness (QED) is 0.799. The second kappa shape index (κ2) is 4.98. The fraction of sp³-hybridized carbons (Fsp3) is 0.0714. The molecule has 0 spiro atoms. The molecule has 0 saturated carbocycles. The van der Waals surface area contributed by atoms with Gasteiger partial charge < -0.3 is 10.1 Å². The highest BCUT2D eigenvalue weighted by Gasteiger charge is 2.29. The van der Waals surface area contributed by atoms with Crippen molar-refractivity contribution in [2.75, 3.05) is 5.32 Å². The van der Waals surface area contributed by atoms with Crippen molar-refractivity contribution in [2.45, 2.75) is 6.10 Å². The van der Waals surface area contributed by atoms with Gasteiger partial charge in [0, 0.05) is 14.5 Å². The summed E-state index contributed by atoms with van der Waals surface area (Å²) in [4.78, 5) is 12.1. The lowest BCUT2D eigenvalue weighted by Crippen LogP contribution is -2.30. The fourth-order valence-electron chi connectivity index (χ4n) is 1.93. The molecule has 3 nitrogen and oxygen atoms in total. The van der Waals surface area contributed by atoms with Crippen LogP contribution < -0.4 is 10.1 Å². The number of halogens is 2. The highest BCUT2D eigenvalue weighted by Crippen LogP contribution is 2.36. The Morgan fingerprint density at radius 2 is 1.68 bits per heavy atom. The van der Waals surface area contributed by atoms with Crippen LogP contribution in [0.5, 0.6) is 5.75 Å². The first-order valence-corrected chi connectivity index (χ1v) is 7.24. The van der Waals surface area contributed by atoms with E-state index in [2.05, 4.69) is 37.2 Å². The summed E-state index contributed by atoms with van der Waals surface area (Å²) in [6.07, 6.45) is -0.616. The Balaban J connectivity index is 1.96. The van der Waals surface area contributed by atoms with Gasteiger partial charge >= 0.3 is 0 Å². The first kappa shape index (κ1) is 12.7. The smallest absolute Gasteiger partial charge is 0.270 e. The average molecular weight is 383 g/mol. The van der Waals surface area contributed by atoms with Gasteiger partial charge in [-0.05, 0) is 30.3 Å². The van der Waals surface area contributed by atoms with Crippen LogP contribution in [0.2, 0.25) is 0 Å². The van der Waals surface area contributed by atoms with Crippen molar-refractivity contribution in [1.29, 1.82) is 0 Å². The summed E-state index contributed by atoms with van der Waals surface area (Å²) in [7, 11) is 0. The van der Waals surface area contributed by atoms with Gasteiger partial charge in [0.15, 0.2) is 0 Å². The molecule has 1 aliphatic rings. The Morgan fingerprint density at radius 1 is 1.00 bits per heavy atom. The van der Waals surface area contributed by atoms with E-state index in [0.29, 0.717) is 11.4 Å². The summed E-state index contributed by atoms with van der Waals surface area (Å²) in [5.41, 5.74) is 1.52. The Labute approximate surface area is 127 Å². The predicted molar refractivity (Wildman–Crippen MR) is 80.3 cm³/mol. The molecule has 0 saturated heterocycles. The minimum absolute atomic E-state index is 0.155. The number of rotatable bonds is 1. The van der Waals surface area contributed by atoms with E-state index in [1.807, 2.05) is 42.5 Å². The largest absolute Gasteiger partial charge is 0.474 e. The molecule has 2 aromatic carbocycles. The number of nitrogens with one attached hydrogen (secondary N) is 1. The van der Waals surface area contributed by atoms with Gasteiger partial charge in [0.1, 0.15) is 5.75 Å². The molecule has 1 atom stereocenters. The molecule has 19 heavy (non-hydrogen) atoms. The summed E-state index contributed by atoms with van der Waals surface area (Å²) in [5.74, 6) is 0.513. The van der Waals surface area contributed by atoms with Gasteiger partial charge in [-0.3, -0.25) is 4.79 Å². The van der Waals surface area contributed by atoms with Crippen molar-refractivity contribution in [3.05, 3.63) is 57.0 Å². The van der Waals surface area contributed by atoms with E-state index >= 15 is 0 Å². The number of hydrogen-bond acceptors (Lipinski definition) is 2. The summed E-state index contributed by atoms with van der Waals surface area (Å²) in [6, 6.07) is 13.1. The second-order valence-electron chi connectivity index (χ2n) is 4.18. The molecule has 2 aromatic rings. The van der Waals surface area contributed by atoms with E-state index in [4.69, 9.17) is 4.74 Å². The van der Waals surface area contributed by atoms with Crippen molar-refractivity contribution in [3.8, 4) is 5.75 Å². The molecule has 3 rings (SSSR count). The summed E-state index contributed by atoms with van der Waals surface area (Å²) in [5, 5.41) is 2.85. The highest BCUT2D eigenvalue weighted by atomic mass is 79.9. The zero-order valence-corrected chi connectivity index (χ0v) is 12.9. The van der Waals surface area contributed by atoms with Crippen LogP contribution in [0, 0.1) is 0 Å². The average Bonchev–Trinajstić information content (AvgIpc) is 2.40. The molecule has 1 aliphatic heterocycles.